The van der Waals surface area contributed by atoms with E-state index in [1.165, 1.54) is 0 Å². The minimum Gasteiger partial charge on any atom is -0.489 e. The van der Waals surface area contributed by atoms with Gasteiger partial charge in [0.15, 0.2) is 0 Å². The molecule has 0 aliphatic heterocycles. The lowest BCUT2D eigenvalue weighted by Crippen LogP contribution is -2.27. The van der Waals surface area contributed by atoms with Crippen LogP contribution in [0.1, 0.15) is 35.3 Å². The fourth-order valence-corrected chi connectivity index (χ4v) is 2.10. The van der Waals surface area contributed by atoms with Crippen molar-refractivity contribution in [3.63, 3.8) is 0 Å². The van der Waals surface area contributed by atoms with E-state index in [-0.39, 0.29) is 5.91 Å². The summed E-state index contributed by atoms with van der Waals surface area (Å²) < 4.78 is 5.81. The fourth-order valence-electron chi connectivity index (χ4n) is 2.10. The lowest BCUT2D eigenvalue weighted by atomic mass is 10.1. The molecule has 0 heterocycles. The molecule has 0 aromatic heterocycles. The number of amides is 1. The first kappa shape index (κ1) is 16.1. The molecular weight excluding hydrogens is 274 g/mol. The molecular formula is C19H23NO2. The Labute approximate surface area is 132 Å². The first-order valence-electron chi connectivity index (χ1n) is 7.61. The largest absolute Gasteiger partial charge is 0.489 e. The summed E-state index contributed by atoms with van der Waals surface area (Å²) in [4.78, 5) is 12.2. The first-order chi connectivity index (χ1) is 10.5. The van der Waals surface area contributed by atoms with Gasteiger partial charge in [0.05, 0.1) is 0 Å². The van der Waals surface area contributed by atoms with Crippen LogP contribution in [0.15, 0.2) is 48.5 Å². The molecule has 3 nitrogen and oxygen atoms in total. The zero-order valence-electron chi connectivity index (χ0n) is 13.4. The summed E-state index contributed by atoms with van der Waals surface area (Å²) in [6.07, 6.45) is 0. The maximum Gasteiger partial charge on any atom is 0.251 e. The number of hydrogen-bond donors (Lipinski definition) is 1. The van der Waals surface area contributed by atoms with E-state index < -0.39 is 0 Å². The maximum atomic E-state index is 12.2. The average molecular weight is 297 g/mol. The Bertz CT molecular complexity index is 621. The predicted molar refractivity (Wildman–Crippen MR) is 89.1 cm³/mol. The summed E-state index contributed by atoms with van der Waals surface area (Å²) in [6.45, 7) is 7.29. The molecule has 0 radical (unpaired) electrons. The van der Waals surface area contributed by atoms with Gasteiger partial charge in [-0.1, -0.05) is 44.2 Å². The van der Waals surface area contributed by atoms with Gasteiger partial charge in [0.25, 0.3) is 5.91 Å². The fraction of sp³-hybridized carbons (Fsp3) is 0.316. The molecule has 0 saturated carbocycles. The molecule has 0 aliphatic carbocycles. The van der Waals surface area contributed by atoms with Gasteiger partial charge in [-0.2, -0.15) is 0 Å². The number of aryl methyl sites for hydroxylation is 1. The molecule has 1 N–H and O–H groups in total. The van der Waals surface area contributed by atoms with E-state index in [2.05, 4.69) is 19.2 Å². The smallest absolute Gasteiger partial charge is 0.251 e. The third kappa shape index (κ3) is 4.92. The molecule has 3 heteroatoms. The van der Waals surface area contributed by atoms with Gasteiger partial charge in [-0.05, 0) is 42.2 Å². The number of carbonyl (C=O) groups excluding carboxylic acids is 1. The van der Waals surface area contributed by atoms with Crippen molar-refractivity contribution in [1.82, 2.24) is 5.32 Å². The molecule has 0 unspecified atom stereocenters. The summed E-state index contributed by atoms with van der Waals surface area (Å²) >= 11 is 0. The second-order valence-electron chi connectivity index (χ2n) is 5.91. The Morgan fingerprint density at radius 2 is 1.86 bits per heavy atom. The van der Waals surface area contributed by atoms with Crippen LogP contribution in [0.2, 0.25) is 0 Å². The number of rotatable bonds is 6. The van der Waals surface area contributed by atoms with Crippen LogP contribution >= 0.6 is 0 Å². The Hall–Kier alpha value is -2.29. The highest BCUT2D eigenvalue weighted by molar-refractivity contribution is 5.94. The van der Waals surface area contributed by atoms with Crippen LogP contribution in [0.3, 0.4) is 0 Å². The molecule has 2 aromatic carbocycles. The predicted octanol–water partition coefficient (Wildman–Crippen LogP) is 3.96. The summed E-state index contributed by atoms with van der Waals surface area (Å²) in [5.41, 5.74) is 2.76. The zero-order valence-corrected chi connectivity index (χ0v) is 13.4. The van der Waals surface area contributed by atoms with Crippen molar-refractivity contribution in [3.05, 3.63) is 65.2 Å². The second-order valence-corrected chi connectivity index (χ2v) is 5.91. The molecule has 22 heavy (non-hydrogen) atoms. The molecule has 0 bridgehead atoms. The van der Waals surface area contributed by atoms with Gasteiger partial charge in [0.1, 0.15) is 12.4 Å². The molecule has 116 valence electrons. The van der Waals surface area contributed by atoms with E-state index in [1.54, 1.807) is 6.07 Å². The van der Waals surface area contributed by atoms with Gasteiger partial charge in [-0.3, -0.25) is 4.79 Å². The van der Waals surface area contributed by atoms with Crippen LogP contribution < -0.4 is 10.1 Å². The molecule has 0 spiro atoms. The summed E-state index contributed by atoms with van der Waals surface area (Å²) in [7, 11) is 0. The van der Waals surface area contributed by atoms with Crippen LogP contribution in [-0.2, 0) is 6.61 Å². The molecule has 0 saturated heterocycles. The highest BCUT2D eigenvalue weighted by Gasteiger charge is 2.09. The quantitative estimate of drug-likeness (QED) is 0.876. The van der Waals surface area contributed by atoms with Crippen molar-refractivity contribution in [2.75, 3.05) is 6.54 Å². The minimum atomic E-state index is -0.0537. The number of hydrogen-bond acceptors (Lipinski definition) is 2. The Morgan fingerprint density at radius 1 is 1.14 bits per heavy atom. The Kier molecular flexibility index (Phi) is 5.59. The van der Waals surface area contributed by atoms with Crippen molar-refractivity contribution < 1.29 is 9.53 Å². The van der Waals surface area contributed by atoms with Crippen LogP contribution in [0.25, 0.3) is 0 Å². The lowest BCUT2D eigenvalue weighted by molar-refractivity contribution is 0.0948. The van der Waals surface area contributed by atoms with Gasteiger partial charge in [0, 0.05) is 12.1 Å². The van der Waals surface area contributed by atoms with Gasteiger partial charge < -0.3 is 10.1 Å². The highest BCUT2D eigenvalue weighted by atomic mass is 16.5. The molecule has 0 atom stereocenters. The van der Waals surface area contributed by atoms with E-state index in [0.29, 0.717) is 24.6 Å². The SMILES string of the molecule is Cc1cc(OCc2ccccc2)cc(C(=O)NCC(C)C)c1. The van der Waals surface area contributed by atoms with E-state index in [0.717, 1.165) is 16.9 Å². The van der Waals surface area contributed by atoms with Crippen LogP contribution in [-0.4, -0.2) is 12.5 Å². The van der Waals surface area contributed by atoms with Crippen LogP contribution in [0.5, 0.6) is 5.75 Å². The lowest BCUT2D eigenvalue weighted by Gasteiger charge is -2.11. The zero-order chi connectivity index (χ0) is 15.9. The van der Waals surface area contributed by atoms with Crippen molar-refractivity contribution in [2.45, 2.75) is 27.4 Å². The summed E-state index contributed by atoms with van der Waals surface area (Å²) in [6, 6.07) is 15.6. The molecule has 2 rings (SSSR count). The number of carbonyl (C=O) groups is 1. The van der Waals surface area contributed by atoms with Crippen molar-refractivity contribution in [2.24, 2.45) is 5.92 Å². The van der Waals surface area contributed by atoms with E-state index in [1.807, 2.05) is 49.4 Å². The summed E-state index contributed by atoms with van der Waals surface area (Å²) in [5, 5.41) is 2.93. The van der Waals surface area contributed by atoms with Crippen LogP contribution in [0, 0.1) is 12.8 Å². The summed E-state index contributed by atoms with van der Waals surface area (Å²) in [5.74, 6) is 1.10. The third-order valence-corrected chi connectivity index (χ3v) is 3.23. The Balaban J connectivity index is 2.04. The normalized spacial score (nSPS) is 10.5. The molecule has 1 amide bonds. The molecule has 0 fully saturated rings. The van der Waals surface area contributed by atoms with Crippen molar-refractivity contribution >= 4 is 5.91 Å². The van der Waals surface area contributed by atoms with Crippen molar-refractivity contribution in [1.29, 1.82) is 0 Å². The topological polar surface area (TPSA) is 38.3 Å². The average Bonchev–Trinajstić information content (AvgIpc) is 2.51. The van der Waals surface area contributed by atoms with E-state index in [9.17, 15) is 4.79 Å². The van der Waals surface area contributed by atoms with E-state index in [4.69, 9.17) is 4.74 Å². The second kappa shape index (κ2) is 7.64. The third-order valence-electron chi connectivity index (χ3n) is 3.23. The van der Waals surface area contributed by atoms with Crippen molar-refractivity contribution in [3.8, 4) is 5.75 Å². The monoisotopic (exact) mass is 297 g/mol. The van der Waals surface area contributed by atoms with Crippen LogP contribution in [0.4, 0.5) is 0 Å². The van der Waals surface area contributed by atoms with Gasteiger partial charge in [0.2, 0.25) is 0 Å². The van der Waals surface area contributed by atoms with Gasteiger partial charge in [-0.15, -0.1) is 0 Å². The first-order valence-corrected chi connectivity index (χ1v) is 7.61. The number of ether oxygens (including phenoxy) is 1. The molecule has 2 aromatic rings. The Morgan fingerprint density at radius 3 is 2.55 bits per heavy atom. The van der Waals surface area contributed by atoms with Gasteiger partial charge >= 0.3 is 0 Å². The minimum absolute atomic E-state index is 0.0537. The highest BCUT2D eigenvalue weighted by Crippen LogP contribution is 2.18. The molecule has 0 aliphatic rings. The maximum absolute atomic E-state index is 12.2. The van der Waals surface area contributed by atoms with Gasteiger partial charge in [-0.25, -0.2) is 0 Å². The number of nitrogens with one attached hydrogen (secondary N) is 1. The van der Waals surface area contributed by atoms with E-state index >= 15 is 0 Å². The standard InChI is InChI=1S/C19H23NO2/c1-14(2)12-20-19(21)17-9-15(3)10-18(11-17)22-13-16-7-5-4-6-8-16/h4-11,14H,12-13H2,1-3H3,(H,20,21). The number of benzene rings is 2.